The number of rotatable bonds is 4. The van der Waals surface area contributed by atoms with Crippen LogP contribution in [0.1, 0.15) is 5.56 Å². The summed E-state index contributed by atoms with van der Waals surface area (Å²) in [7, 11) is 0. The highest BCUT2D eigenvalue weighted by Crippen LogP contribution is 2.27. The second-order valence-electron chi connectivity index (χ2n) is 5.52. The van der Waals surface area contributed by atoms with Gasteiger partial charge in [-0.25, -0.2) is 4.98 Å². The van der Waals surface area contributed by atoms with Gasteiger partial charge in [-0.15, -0.1) is 11.3 Å². The van der Waals surface area contributed by atoms with E-state index in [9.17, 15) is 0 Å². The molecule has 0 aliphatic rings. The summed E-state index contributed by atoms with van der Waals surface area (Å²) in [5, 5.41) is 10.2. The van der Waals surface area contributed by atoms with Crippen molar-refractivity contribution in [2.45, 2.75) is 0 Å². The van der Waals surface area contributed by atoms with E-state index < -0.39 is 0 Å². The molecule has 0 aliphatic heterocycles. The monoisotopic (exact) mass is 363 g/mol. The van der Waals surface area contributed by atoms with Crippen LogP contribution in [0.5, 0.6) is 0 Å². The summed E-state index contributed by atoms with van der Waals surface area (Å²) >= 11 is 7.40. The van der Waals surface area contributed by atoms with Crippen LogP contribution in [0.3, 0.4) is 0 Å². The number of fused-ring (bicyclic) bond motifs is 1. The average molecular weight is 364 g/mol. The Morgan fingerprint density at radius 3 is 2.60 bits per heavy atom. The molecule has 0 radical (unpaired) electrons. The summed E-state index contributed by atoms with van der Waals surface area (Å²) in [5.74, 6) is 0. The number of benzene rings is 3. The smallest absolute Gasteiger partial charge is 0.203 e. The minimum absolute atomic E-state index is 0.713. The predicted octanol–water partition coefficient (Wildman–Crippen LogP) is 6.06. The molecule has 3 aromatic carbocycles. The maximum atomic E-state index is 5.87. The minimum Gasteiger partial charge on any atom is -0.253 e. The highest BCUT2D eigenvalue weighted by atomic mass is 35.5. The van der Waals surface area contributed by atoms with E-state index in [0.29, 0.717) is 5.02 Å². The van der Waals surface area contributed by atoms with E-state index in [2.05, 4.69) is 45.8 Å². The fraction of sp³-hybridized carbons (Fsp3) is 0. The van der Waals surface area contributed by atoms with Gasteiger partial charge < -0.3 is 0 Å². The van der Waals surface area contributed by atoms with Crippen LogP contribution < -0.4 is 5.43 Å². The fourth-order valence-corrected chi connectivity index (χ4v) is 3.31. The Labute approximate surface area is 154 Å². The molecule has 0 bridgehead atoms. The Morgan fingerprint density at radius 2 is 1.76 bits per heavy atom. The van der Waals surface area contributed by atoms with Gasteiger partial charge in [-0.1, -0.05) is 60.1 Å². The van der Waals surface area contributed by atoms with Gasteiger partial charge in [0.05, 0.1) is 11.9 Å². The molecule has 1 aromatic heterocycles. The third-order valence-corrected chi connectivity index (χ3v) is 4.79. The molecule has 25 heavy (non-hydrogen) atoms. The summed E-state index contributed by atoms with van der Waals surface area (Å²) in [6.07, 6.45) is 1.74. The summed E-state index contributed by atoms with van der Waals surface area (Å²) in [4.78, 5) is 4.61. The van der Waals surface area contributed by atoms with Crippen molar-refractivity contribution in [3.63, 3.8) is 0 Å². The van der Waals surface area contributed by atoms with Gasteiger partial charge in [0.2, 0.25) is 5.13 Å². The highest BCUT2D eigenvalue weighted by Gasteiger charge is 2.05. The number of aromatic nitrogens is 1. The molecule has 5 heteroatoms. The number of hydrogen-bond acceptors (Lipinski definition) is 4. The molecule has 4 aromatic rings. The number of hydrazone groups is 1. The van der Waals surface area contributed by atoms with Crippen LogP contribution in [0.2, 0.25) is 5.02 Å². The van der Waals surface area contributed by atoms with Gasteiger partial charge in [-0.05, 0) is 34.5 Å². The van der Waals surface area contributed by atoms with Crippen LogP contribution in [0.4, 0.5) is 5.13 Å². The number of hydrogen-bond donors (Lipinski definition) is 1. The Kier molecular flexibility index (Phi) is 4.46. The van der Waals surface area contributed by atoms with Crippen molar-refractivity contribution in [3.05, 3.63) is 82.7 Å². The van der Waals surface area contributed by atoms with Crippen LogP contribution in [-0.4, -0.2) is 11.2 Å². The predicted molar refractivity (Wildman–Crippen MR) is 108 cm³/mol. The van der Waals surface area contributed by atoms with E-state index in [4.69, 9.17) is 11.6 Å². The second-order valence-corrected chi connectivity index (χ2v) is 6.82. The van der Waals surface area contributed by atoms with E-state index in [-0.39, 0.29) is 0 Å². The van der Waals surface area contributed by atoms with Crippen LogP contribution in [0, 0.1) is 0 Å². The summed E-state index contributed by atoms with van der Waals surface area (Å²) < 4.78 is 0. The molecule has 122 valence electrons. The molecule has 1 N–H and O–H groups in total. The molecule has 0 saturated heterocycles. The summed E-state index contributed by atoms with van der Waals surface area (Å²) in [6, 6.07) is 22.2. The lowest BCUT2D eigenvalue weighted by molar-refractivity contribution is 1.29. The van der Waals surface area contributed by atoms with Crippen LogP contribution >= 0.6 is 22.9 Å². The highest BCUT2D eigenvalue weighted by molar-refractivity contribution is 7.14. The van der Waals surface area contributed by atoms with Crippen molar-refractivity contribution in [2.24, 2.45) is 5.10 Å². The maximum absolute atomic E-state index is 5.87. The molecular formula is C20H14ClN3S. The molecular weight excluding hydrogens is 350 g/mol. The molecule has 0 amide bonds. The number of nitrogens with zero attached hydrogens (tertiary/aromatic N) is 2. The number of halogens is 1. The van der Waals surface area contributed by atoms with Gasteiger partial charge in [0.25, 0.3) is 0 Å². The topological polar surface area (TPSA) is 37.3 Å². The van der Waals surface area contributed by atoms with Crippen LogP contribution in [-0.2, 0) is 0 Å². The zero-order chi connectivity index (χ0) is 17.1. The molecule has 0 spiro atoms. The van der Waals surface area contributed by atoms with Gasteiger partial charge in [0, 0.05) is 16.0 Å². The van der Waals surface area contributed by atoms with E-state index in [1.165, 1.54) is 22.1 Å². The van der Waals surface area contributed by atoms with Crippen molar-refractivity contribution in [2.75, 3.05) is 5.43 Å². The van der Waals surface area contributed by atoms with Gasteiger partial charge >= 0.3 is 0 Å². The molecule has 4 rings (SSSR count). The third kappa shape index (κ3) is 3.71. The molecule has 0 unspecified atom stereocenters. The van der Waals surface area contributed by atoms with E-state index in [1.807, 2.05) is 41.8 Å². The largest absolute Gasteiger partial charge is 0.253 e. The standard InChI is InChI=1S/C20H14ClN3S/c21-18-9-5-14(6-10-18)12-22-24-20-23-19(13-25-20)17-8-7-15-3-1-2-4-16(15)11-17/h1-13H,(H,23,24). The van der Waals surface area contributed by atoms with Crippen molar-refractivity contribution < 1.29 is 0 Å². The first kappa shape index (κ1) is 15.8. The van der Waals surface area contributed by atoms with Crippen molar-refractivity contribution in [3.8, 4) is 11.3 Å². The van der Waals surface area contributed by atoms with Gasteiger partial charge in [0.1, 0.15) is 0 Å². The van der Waals surface area contributed by atoms with Crippen molar-refractivity contribution in [1.82, 2.24) is 4.98 Å². The molecule has 0 fully saturated rings. The molecule has 1 heterocycles. The lowest BCUT2D eigenvalue weighted by Gasteiger charge is -2.00. The third-order valence-electron chi connectivity index (χ3n) is 3.79. The van der Waals surface area contributed by atoms with E-state index in [1.54, 1.807) is 6.21 Å². The Hall–Kier alpha value is -2.69. The Balaban J connectivity index is 1.50. The molecule has 0 aliphatic carbocycles. The first-order valence-corrected chi connectivity index (χ1v) is 9.03. The molecule has 0 atom stereocenters. The maximum Gasteiger partial charge on any atom is 0.203 e. The van der Waals surface area contributed by atoms with E-state index >= 15 is 0 Å². The van der Waals surface area contributed by atoms with Crippen molar-refractivity contribution in [1.29, 1.82) is 0 Å². The van der Waals surface area contributed by atoms with Crippen LogP contribution in [0.15, 0.2) is 77.2 Å². The van der Waals surface area contributed by atoms with Gasteiger partial charge in [-0.2, -0.15) is 5.10 Å². The minimum atomic E-state index is 0.713. The zero-order valence-corrected chi connectivity index (χ0v) is 14.8. The number of anilines is 1. The lowest BCUT2D eigenvalue weighted by atomic mass is 10.1. The number of thiazole rings is 1. The Morgan fingerprint density at radius 1 is 0.960 bits per heavy atom. The summed E-state index contributed by atoms with van der Waals surface area (Å²) in [5.41, 5.74) is 6.00. The van der Waals surface area contributed by atoms with E-state index in [0.717, 1.165) is 22.0 Å². The quantitative estimate of drug-likeness (QED) is 0.353. The first-order valence-electron chi connectivity index (χ1n) is 7.77. The molecule has 0 saturated carbocycles. The van der Waals surface area contributed by atoms with Gasteiger partial charge in [-0.3, -0.25) is 5.43 Å². The Bertz CT molecular complexity index is 1040. The number of nitrogens with one attached hydrogen (secondary N) is 1. The second kappa shape index (κ2) is 7.05. The molecule has 3 nitrogen and oxygen atoms in total. The SMILES string of the molecule is Clc1ccc(C=NNc2nc(-c3ccc4ccccc4c3)cs2)cc1. The lowest BCUT2D eigenvalue weighted by Crippen LogP contribution is -1.90. The van der Waals surface area contributed by atoms with Crippen LogP contribution in [0.25, 0.3) is 22.0 Å². The van der Waals surface area contributed by atoms with Gasteiger partial charge in [0.15, 0.2) is 0 Å². The van der Waals surface area contributed by atoms with Crippen molar-refractivity contribution >= 4 is 45.1 Å². The summed E-state index contributed by atoms with van der Waals surface area (Å²) in [6.45, 7) is 0. The fourth-order valence-electron chi connectivity index (χ4n) is 2.52. The first-order chi connectivity index (χ1) is 12.3. The zero-order valence-electron chi connectivity index (χ0n) is 13.2. The average Bonchev–Trinajstić information content (AvgIpc) is 3.12. The normalized spacial score (nSPS) is 11.2.